The van der Waals surface area contributed by atoms with Crippen LogP contribution in [0.25, 0.3) is 16.9 Å². The number of halogens is 3. The SMILES string of the molecule is Cc1ccc(-c2cc(C(=O)NCc3cnc(C(F)(F)F)nc3)cc3nccn23)cc1. The number of aryl methyl sites for hydroxylation is 1. The van der Waals surface area contributed by atoms with Gasteiger partial charge in [-0.1, -0.05) is 29.8 Å². The largest absolute Gasteiger partial charge is 0.451 e. The second-order valence-electron chi connectivity index (χ2n) is 6.75. The van der Waals surface area contributed by atoms with Crippen LogP contribution < -0.4 is 5.32 Å². The first kappa shape index (κ1) is 19.6. The summed E-state index contributed by atoms with van der Waals surface area (Å²) in [6, 6.07) is 11.3. The first-order valence-corrected chi connectivity index (χ1v) is 9.02. The van der Waals surface area contributed by atoms with Crippen LogP contribution in [-0.4, -0.2) is 25.3 Å². The molecule has 9 heteroatoms. The lowest BCUT2D eigenvalue weighted by molar-refractivity contribution is -0.145. The van der Waals surface area contributed by atoms with Crippen LogP contribution in [-0.2, 0) is 12.7 Å². The average Bonchev–Trinajstić information content (AvgIpc) is 3.20. The van der Waals surface area contributed by atoms with E-state index >= 15 is 0 Å². The molecule has 3 aromatic heterocycles. The highest BCUT2D eigenvalue weighted by atomic mass is 19.4. The van der Waals surface area contributed by atoms with Crippen molar-refractivity contribution in [3.8, 4) is 11.3 Å². The van der Waals surface area contributed by atoms with Gasteiger partial charge in [0.1, 0.15) is 5.65 Å². The molecule has 4 rings (SSSR count). The van der Waals surface area contributed by atoms with Crippen LogP contribution in [0.1, 0.15) is 27.3 Å². The predicted molar refractivity (Wildman–Crippen MR) is 104 cm³/mol. The molecule has 1 aromatic carbocycles. The summed E-state index contributed by atoms with van der Waals surface area (Å²) < 4.78 is 39.5. The fourth-order valence-electron chi connectivity index (χ4n) is 2.98. The fraction of sp³-hybridized carbons (Fsp3) is 0.143. The van der Waals surface area contributed by atoms with Crippen LogP contribution in [0.5, 0.6) is 0 Å². The number of rotatable bonds is 4. The van der Waals surface area contributed by atoms with Gasteiger partial charge in [0.05, 0.1) is 5.69 Å². The molecule has 152 valence electrons. The first-order chi connectivity index (χ1) is 14.3. The Morgan fingerprint density at radius 3 is 2.43 bits per heavy atom. The summed E-state index contributed by atoms with van der Waals surface area (Å²) in [4.78, 5) is 23.5. The molecule has 4 aromatic rings. The van der Waals surface area contributed by atoms with Gasteiger partial charge in [0.2, 0.25) is 5.82 Å². The zero-order valence-electron chi connectivity index (χ0n) is 15.8. The van der Waals surface area contributed by atoms with E-state index in [9.17, 15) is 18.0 Å². The topological polar surface area (TPSA) is 72.2 Å². The van der Waals surface area contributed by atoms with Crippen LogP contribution in [0.3, 0.4) is 0 Å². The molecule has 1 N–H and O–H groups in total. The van der Waals surface area contributed by atoms with E-state index in [1.165, 1.54) is 0 Å². The zero-order valence-corrected chi connectivity index (χ0v) is 15.8. The van der Waals surface area contributed by atoms with Gasteiger partial charge in [0.25, 0.3) is 5.91 Å². The lowest BCUT2D eigenvalue weighted by Crippen LogP contribution is -2.23. The van der Waals surface area contributed by atoms with Crippen LogP contribution in [0, 0.1) is 6.92 Å². The number of carbonyl (C=O) groups excluding carboxylic acids is 1. The minimum atomic E-state index is -4.60. The quantitative estimate of drug-likeness (QED) is 0.550. The van der Waals surface area contributed by atoms with E-state index in [0.29, 0.717) is 16.8 Å². The minimum absolute atomic E-state index is 0.00352. The van der Waals surface area contributed by atoms with Crippen LogP contribution in [0.2, 0.25) is 0 Å². The highest BCUT2D eigenvalue weighted by Gasteiger charge is 2.34. The number of imidazole rings is 1. The number of hydrogen-bond donors (Lipinski definition) is 1. The lowest BCUT2D eigenvalue weighted by Gasteiger charge is -2.11. The molecule has 0 aliphatic carbocycles. The maximum atomic E-state index is 12.7. The molecule has 6 nitrogen and oxygen atoms in total. The number of carbonyl (C=O) groups is 1. The average molecular weight is 411 g/mol. The molecule has 30 heavy (non-hydrogen) atoms. The third-order valence-corrected chi connectivity index (χ3v) is 4.53. The van der Waals surface area contributed by atoms with E-state index in [-0.39, 0.29) is 12.5 Å². The van der Waals surface area contributed by atoms with Crippen molar-refractivity contribution in [2.75, 3.05) is 0 Å². The third kappa shape index (κ3) is 4.00. The molecule has 0 unspecified atom stereocenters. The summed E-state index contributed by atoms with van der Waals surface area (Å²) >= 11 is 0. The van der Waals surface area contributed by atoms with Gasteiger partial charge in [-0.05, 0) is 24.6 Å². The van der Waals surface area contributed by atoms with Crippen molar-refractivity contribution >= 4 is 11.6 Å². The number of alkyl halides is 3. The van der Waals surface area contributed by atoms with E-state index in [1.807, 2.05) is 41.8 Å². The van der Waals surface area contributed by atoms with Crippen LogP contribution in [0.15, 0.2) is 61.2 Å². The number of benzene rings is 1. The predicted octanol–water partition coefficient (Wildman–Crippen LogP) is 4.05. The molecule has 0 saturated heterocycles. The van der Waals surface area contributed by atoms with E-state index < -0.39 is 12.0 Å². The number of nitrogens with zero attached hydrogens (tertiary/aromatic N) is 4. The van der Waals surface area contributed by atoms with Gasteiger partial charge in [0, 0.05) is 42.5 Å². The lowest BCUT2D eigenvalue weighted by atomic mass is 10.1. The molecule has 1 amide bonds. The normalized spacial score (nSPS) is 11.6. The second-order valence-corrected chi connectivity index (χ2v) is 6.75. The third-order valence-electron chi connectivity index (χ3n) is 4.53. The van der Waals surface area contributed by atoms with Gasteiger partial charge < -0.3 is 5.32 Å². The van der Waals surface area contributed by atoms with Gasteiger partial charge >= 0.3 is 6.18 Å². The Balaban J connectivity index is 1.57. The fourth-order valence-corrected chi connectivity index (χ4v) is 2.98. The molecule has 3 heterocycles. The van der Waals surface area contributed by atoms with Crippen LogP contribution in [0.4, 0.5) is 13.2 Å². The molecule has 0 atom stereocenters. The first-order valence-electron chi connectivity index (χ1n) is 9.02. The van der Waals surface area contributed by atoms with Crippen molar-refractivity contribution in [2.24, 2.45) is 0 Å². The molecular formula is C21H16F3N5O. The zero-order chi connectivity index (χ0) is 21.3. The molecule has 0 spiro atoms. The second kappa shape index (κ2) is 7.58. The van der Waals surface area contributed by atoms with Gasteiger partial charge in [-0.2, -0.15) is 13.2 Å². The van der Waals surface area contributed by atoms with Gasteiger partial charge in [0.15, 0.2) is 0 Å². The molecule has 0 aliphatic rings. The van der Waals surface area contributed by atoms with E-state index in [0.717, 1.165) is 29.2 Å². The standard InChI is InChI=1S/C21H16F3N5O/c1-13-2-4-15(5-3-13)17-8-16(9-18-25-6-7-29(17)18)19(30)26-10-14-11-27-20(28-12-14)21(22,23)24/h2-9,11-12H,10H2,1H3,(H,26,30). The van der Waals surface area contributed by atoms with E-state index in [1.54, 1.807) is 18.3 Å². The maximum absolute atomic E-state index is 12.7. The Morgan fingerprint density at radius 1 is 1.07 bits per heavy atom. The number of aromatic nitrogens is 4. The van der Waals surface area contributed by atoms with Crippen LogP contribution >= 0.6 is 0 Å². The Morgan fingerprint density at radius 2 is 1.77 bits per heavy atom. The summed E-state index contributed by atoms with van der Waals surface area (Å²) in [6.07, 6.45) is 0.949. The number of pyridine rings is 1. The smallest absolute Gasteiger partial charge is 0.348 e. The maximum Gasteiger partial charge on any atom is 0.451 e. The molecule has 0 fully saturated rings. The Bertz CT molecular complexity index is 1200. The Labute approximate surface area is 169 Å². The van der Waals surface area contributed by atoms with Gasteiger partial charge in [-0.25, -0.2) is 15.0 Å². The number of fused-ring (bicyclic) bond motifs is 1. The number of amides is 1. The summed E-state index contributed by atoms with van der Waals surface area (Å²) in [7, 11) is 0. The van der Waals surface area contributed by atoms with Crippen molar-refractivity contribution in [2.45, 2.75) is 19.6 Å². The van der Waals surface area contributed by atoms with Gasteiger partial charge in [-0.3, -0.25) is 9.20 Å². The van der Waals surface area contributed by atoms with E-state index in [2.05, 4.69) is 20.3 Å². The molecule has 0 bridgehead atoms. The van der Waals surface area contributed by atoms with Crippen molar-refractivity contribution in [3.63, 3.8) is 0 Å². The summed E-state index contributed by atoms with van der Waals surface area (Å²) in [5, 5.41) is 2.68. The number of nitrogens with one attached hydrogen (secondary N) is 1. The molecule has 0 aliphatic heterocycles. The molecule has 0 radical (unpaired) electrons. The highest BCUT2D eigenvalue weighted by molar-refractivity contribution is 5.96. The summed E-state index contributed by atoms with van der Waals surface area (Å²) in [5.41, 5.74) is 4.20. The molecule has 0 saturated carbocycles. The monoisotopic (exact) mass is 411 g/mol. The van der Waals surface area contributed by atoms with Crippen molar-refractivity contribution < 1.29 is 18.0 Å². The summed E-state index contributed by atoms with van der Waals surface area (Å²) in [5.74, 6) is -1.60. The van der Waals surface area contributed by atoms with Crippen molar-refractivity contribution in [3.05, 3.63) is 83.7 Å². The van der Waals surface area contributed by atoms with Crippen molar-refractivity contribution in [1.29, 1.82) is 0 Å². The minimum Gasteiger partial charge on any atom is -0.348 e. The van der Waals surface area contributed by atoms with E-state index in [4.69, 9.17) is 0 Å². The summed E-state index contributed by atoms with van der Waals surface area (Å²) in [6.45, 7) is 1.99. The highest BCUT2D eigenvalue weighted by Crippen LogP contribution is 2.25. The van der Waals surface area contributed by atoms with Crippen molar-refractivity contribution in [1.82, 2.24) is 24.7 Å². The van der Waals surface area contributed by atoms with Gasteiger partial charge in [-0.15, -0.1) is 0 Å². The Hall–Kier alpha value is -3.75. The molecular weight excluding hydrogens is 395 g/mol. The number of hydrogen-bond acceptors (Lipinski definition) is 4. The Kier molecular flexibility index (Phi) is 4.94.